The van der Waals surface area contributed by atoms with E-state index in [2.05, 4.69) is 12.2 Å². The minimum absolute atomic E-state index is 0.135. The molecular weight excluding hydrogens is 268 g/mol. The van der Waals surface area contributed by atoms with Gasteiger partial charge in [-0.15, -0.1) is 0 Å². The minimum Gasteiger partial charge on any atom is -0.317 e. The number of nitrogens with zero attached hydrogens (tertiary/aromatic N) is 1. The molecule has 0 bridgehead atoms. The van der Waals surface area contributed by atoms with Gasteiger partial charge in [0.05, 0.1) is 5.75 Å². The topological polar surface area (TPSA) is 49.4 Å². The van der Waals surface area contributed by atoms with E-state index in [9.17, 15) is 8.42 Å². The predicted molar refractivity (Wildman–Crippen MR) is 77.5 cm³/mol. The summed E-state index contributed by atoms with van der Waals surface area (Å²) in [7, 11) is -3.07. The Labute approximate surface area is 115 Å². The van der Waals surface area contributed by atoms with Crippen LogP contribution in [0, 0.1) is 5.92 Å². The van der Waals surface area contributed by atoms with Gasteiger partial charge in [0.2, 0.25) is 10.0 Å². The monoisotopic (exact) mass is 292 g/mol. The van der Waals surface area contributed by atoms with Gasteiger partial charge in [-0.05, 0) is 38.8 Å². The van der Waals surface area contributed by atoms with Gasteiger partial charge < -0.3 is 5.32 Å². The summed E-state index contributed by atoms with van der Waals surface area (Å²) in [5, 5.41) is 3.69. The van der Waals surface area contributed by atoms with E-state index in [0.717, 1.165) is 31.7 Å². The van der Waals surface area contributed by atoms with Crippen LogP contribution in [0.4, 0.5) is 0 Å². The highest BCUT2D eigenvalue weighted by atomic mass is 32.2. The van der Waals surface area contributed by atoms with Gasteiger partial charge in [0.25, 0.3) is 0 Å². The number of piperidine rings is 1. The van der Waals surface area contributed by atoms with Crippen LogP contribution in [-0.2, 0) is 10.0 Å². The lowest BCUT2D eigenvalue weighted by Crippen LogP contribution is -2.49. The molecule has 0 aromatic heterocycles. The molecule has 18 heavy (non-hydrogen) atoms. The van der Waals surface area contributed by atoms with Crippen molar-refractivity contribution < 1.29 is 8.42 Å². The zero-order valence-electron chi connectivity index (χ0n) is 11.3. The van der Waals surface area contributed by atoms with Crippen molar-refractivity contribution in [2.45, 2.75) is 38.0 Å². The van der Waals surface area contributed by atoms with Gasteiger partial charge in [-0.1, -0.05) is 6.92 Å². The van der Waals surface area contributed by atoms with E-state index < -0.39 is 10.0 Å². The zero-order valence-corrected chi connectivity index (χ0v) is 12.9. The van der Waals surface area contributed by atoms with Crippen LogP contribution >= 0.6 is 11.8 Å². The second-order valence-electron chi connectivity index (χ2n) is 5.40. The summed E-state index contributed by atoms with van der Waals surface area (Å²) < 4.78 is 26.8. The van der Waals surface area contributed by atoms with Crippen LogP contribution in [0.25, 0.3) is 0 Å². The molecule has 0 aliphatic carbocycles. The van der Waals surface area contributed by atoms with Gasteiger partial charge in [-0.2, -0.15) is 16.1 Å². The molecule has 2 fully saturated rings. The molecular formula is C12H24N2O2S2. The van der Waals surface area contributed by atoms with Crippen LogP contribution in [0.1, 0.15) is 26.7 Å². The van der Waals surface area contributed by atoms with Crippen LogP contribution in [-0.4, -0.2) is 55.2 Å². The molecule has 6 heteroatoms. The Morgan fingerprint density at radius 2 is 1.94 bits per heavy atom. The summed E-state index contributed by atoms with van der Waals surface area (Å²) in [5.41, 5.74) is 0. The van der Waals surface area contributed by atoms with E-state index in [1.165, 1.54) is 0 Å². The van der Waals surface area contributed by atoms with Gasteiger partial charge in [-0.3, -0.25) is 0 Å². The number of hydrogen-bond acceptors (Lipinski definition) is 4. The normalized spacial score (nSPS) is 32.6. The number of thioether (sulfide) groups is 1. The maximum atomic E-state index is 12.5. The lowest BCUT2D eigenvalue weighted by Gasteiger charge is -2.37. The van der Waals surface area contributed by atoms with Crippen molar-refractivity contribution >= 4 is 21.8 Å². The second-order valence-corrected chi connectivity index (χ2v) is 8.85. The molecule has 0 radical (unpaired) electrons. The Balaban J connectivity index is 2.00. The first kappa shape index (κ1) is 14.6. The smallest absolute Gasteiger partial charge is 0.214 e. The summed E-state index contributed by atoms with van der Waals surface area (Å²) in [5.74, 6) is 1.61. The largest absolute Gasteiger partial charge is 0.317 e. The molecule has 2 rings (SSSR count). The third kappa shape index (κ3) is 3.40. The summed E-state index contributed by atoms with van der Waals surface area (Å²) in [6.07, 6.45) is 1.98. The maximum absolute atomic E-state index is 12.5. The van der Waals surface area contributed by atoms with Crippen molar-refractivity contribution in [1.82, 2.24) is 9.62 Å². The Morgan fingerprint density at radius 1 is 1.28 bits per heavy atom. The van der Waals surface area contributed by atoms with Gasteiger partial charge >= 0.3 is 0 Å². The summed E-state index contributed by atoms with van der Waals surface area (Å²) >= 11 is 1.88. The van der Waals surface area contributed by atoms with Crippen molar-refractivity contribution in [3.63, 3.8) is 0 Å². The van der Waals surface area contributed by atoms with Crippen molar-refractivity contribution in [2.24, 2.45) is 5.92 Å². The molecule has 0 aromatic carbocycles. The van der Waals surface area contributed by atoms with Crippen LogP contribution in [0.15, 0.2) is 0 Å². The average molecular weight is 292 g/mol. The highest BCUT2D eigenvalue weighted by Crippen LogP contribution is 2.28. The molecule has 0 aromatic rings. The Bertz CT molecular complexity index is 366. The summed E-state index contributed by atoms with van der Waals surface area (Å²) in [6.45, 7) is 6.77. The summed E-state index contributed by atoms with van der Waals surface area (Å²) in [4.78, 5) is 0. The van der Waals surface area contributed by atoms with Crippen molar-refractivity contribution in [3.8, 4) is 0 Å². The third-order valence-electron chi connectivity index (χ3n) is 4.09. The van der Waals surface area contributed by atoms with Gasteiger partial charge in [-0.25, -0.2) is 8.42 Å². The van der Waals surface area contributed by atoms with E-state index in [4.69, 9.17) is 0 Å². The standard InChI is InChI=1S/C12H24N2O2S2/c1-10-11(2)17-8-7-14(10)18(15,16)9-12-3-5-13-6-4-12/h10-13H,3-9H2,1-2H3. The molecule has 2 atom stereocenters. The number of nitrogens with one attached hydrogen (secondary N) is 1. The van der Waals surface area contributed by atoms with Crippen molar-refractivity contribution in [1.29, 1.82) is 0 Å². The quantitative estimate of drug-likeness (QED) is 0.847. The van der Waals surface area contributed by atoms with Crippen LogP contribution in [0.5, 0.6) is 0 Å². The molecule has 0 spiro atoms. The maximum Gasteiger partial charge on any atom is 0.214 e. The van der Waals surface area contributed by atoms with Crippen molar-refractivity contribution in [2.75, 3.05) is 31.1 Å². The molecule has 106 valence electrons. The van der Waals surface area contributed by atoms with E-state index in [-0.39, 0.29) is 6.04 Å². The molecule has 0 saturated carbocycles. The highest BCUT2D eigenvalue weighted by Gasteiger charge is 2.35. The van der Waals surface area contributed by atoms with E-state index in [1.54, 1.807) is 4.31 Å². The molecule has 2 saturated heterocycles. The van der Waals surface area contributed by atoms with E-state index in [1.807, 2.05) is 18.7 Å². The first-order chi connectivity index (χ1) is 8.50. The molecule has 2 aliphatic rings. The number of hydrogen-bond donors (Lipinski definition) is 1. The molecule has 2 unspecified atom stereocenters. The molecule has 1 N–H and O–H groups in total. The fraction of sp³-hybridized carbons (Fsp3) is 1.00. The first-order valence-corrected chi connectivity index (χ1v) is 9.48. The molecule has 2 heterocycles. The van der Waals surface area contributed by atoms with Crippen LogP contribution < -0.4 is 5.32 Å². The van der Waals surface area contributed by atoms with Gasteiger partial charge in [0, 0.05) is 23.6 Å². The molecule has 0 amide bonds. The lowest BCUT2D eigenvalue weighted by molar-refractivity contribution is 0.329. The van der Waals surface area contributed by atoms with Gasteiger partial charge in [0.1, 0.15) is 0 Å². The van der Waals surface area contributed by atoms with Crippen molar-refractivity contribution in [3.05, 3.63) is 0 Å². The van der Waals surface area contributed by atoms with Crippen LogP contribution in [0.3, 0.4) is 0 Å². The second kappa shape index (κ2) is 6.11. The molecule has 4 nitrogen and oxygen atoms in total. The average Bonchev–Trinajstić information content (AvgIpc) is 2.33. The summed E-state index contributed by atoms with van der Waals surface area (Å²) in [6, 6.07) is 0.135. The Hall–Kier alpha value is 0.220. The van der Waals surface area contributed by atoms with Gasteiger partial charge in [0.15, 0.2) is 0 Å². The van der Waals surface area contributed by atoms with E-state index in [0.29, 0.717) is 23.5 Å². The Morgan fingerprint density at radius 3 is 2.61 bits per heavy atom. The zero-order chi connectivity index (χ0) is 13.2. The minimum atomic E-state index is -3.07. The number of sulfonamides is 1. The number of rotatable bonds is 3. The predicted octanol–water partition coefficient (Wildman–Crippen LogP) is 1.14. The van der Waals surface area contributed by atoms with Crippen LogP contribution in [0.2, 0.25) is 0 Å². The first-order valence-electron chi connectivity index (χ1n) is 6.82. The molecule has 2 aliphatic heterocycles. The fourth-order valence-electron chi connectivity index (χ4n) is 2.74. The third-order valence-corrected chi connectivity index (χ3v) is 7.55. The fourth-order valence-corrected chi connectivity index (χ4v) is 6.21. The Kier molecular flexibility index (Phi) is 4.97. The SMILES string of the molecule is CC1SCCN(S(=O)(=O)CC2CCNCC2)C1C. The highest BCUT2D eigenvalue weighted by molar-refractivity contribution is 8.00. The van der Waals surface area contributed by atoms with E-state index >= 15 is 0 Å². The lowest BCUT2D eigenvalue weighted by atomic mass is 10.0.